The van der Waals surface area contributed by atoms with E-state index in [-0.39, 0.29) is 11.5 Å². The van der Waals surface area contributed by atoms with Gasteiger partial charge >= 0.3 is 0 Å². The number of benzene rings is 3. The summed E-state index contributed by atoms with van der Waals surface area (Å²) >= 11 is 12.0. The molecule has 0 saturated heterocycles. The second-order valence-electron chi connectivity index (χ2n) is 7.40. The predicted molar refractivity (Wildman–Crippen MR) is 134 cm³/mol. The summed E-state index contributed by atoms with van der Waals surface area (Å²) in [6.07, 6.45) is 1.64. The lowest BCUT2D eigenvalue weighted by atomic mass is 10.1. The smallest absolute Gasteiger partial charge is 0.257 e. The molecule has 2 heterocycles. The number of carbonyl (C=O) groups is 1. The Morgan fingerprint density at radius 1 is 0.848 bits per heavy atom. The van der Waals surface area contributed by atoms with E-state index in [1.54, 1.807) is 42.6 Å². The summed E-state index contributed by atoms with van der Waals surface area (Å²) in [5.41, 5.74) is 2.94. The van der Waals surface area contributed by atoms with Crippen molar-refractivity contribution in [3.63, 3.8) is 0 Å². The Morgan fingerprint density at radius 3 is 2.24 bits per heavy atom. The van der Waals surface area contributed by atoms with E-state index < -0.39 is 0 Å². The van der Waals surface area contributed by atoms with Crippen molar-refractivity contribution in [2.24, 2.45) is 0 Å². The lowest BCUT2D eigenvalue weighted by Gasteiger charge is -2.12. The van der Waals surface area contributed by atoms with E-state index in [9.17, 15) is 9.59 Å². The number of hydrogen-bond acceptors (Lipinski definition) is 4. The molecule has 0 aliphatic heterocycles. The lowest BCUT2D eigenvalue weighted by Crippen LogP contribution is -2.11. The van der Waals surface area contributed by atoms with Gasteiger partial charge in [0, 0.05) is 49.3 Å². The number of amides is 1. The van der Waals surface area contributed by atoms with E-state index >= 15 is 0 Å². The van der Waals surface area contributed by atoms with E-state index in [0.29, 0.717) is 32.3 Å². The van der Waals surface area contributed by atoms with Gasteiger partial charge in [-0.3, -0.25) is 9.59 Å². The fourth-order valence-electron chi connectivity index (χ4n) is 3.69. The van der Waals surface area contributed by atoms with Gasteiger partial charge in [0.25, 0.3) is 11.5 Å². The number of nitrogens with zero attached hydrogens (tertiary/aromatic N) is 1. The van der Waals surface area contributed by atoms with Crippen molar-refractivity contribution in [1.29, 1.82) is 0 Å². The zero-order chi connectivity index (χ0) is 22.9. The van der Waals surface area contributed by atoms with Crippen molar-refractivity contribution in [2.75, 3.05) is 10.6 Å². The van der Waals surface area contributed by atoms with E-state index in [1.807, 2.05) is 36.4 Å². The largest absolute Gasteiger partial charge is 0.355 e. The number of rotatable bonds is 4. The summed E-state index contributed by atoms with van der Waals surface area (Å²) in [7, 11) is 0. The zero-order valence-electron chi connectivity index (χ0n) is 17.0. The van der Waals surface area contributed by atoms with Gasteiger partial charge in [0.1, 0.15) is 5.65 Å². The van der Waals surface area contributed by atoms with Gasteiger partial charge in [-0.25, -0.2) is 4.98 Å². The van der Waals surface area contributed by atoms with Gasteiger partial charge in [-0.2, -0.15) is 0 Å². The van der Waals surface area contributed by atoms with Crippen LogP contribution in [0, 0.1) is 0 Å². The van der Waals surface area contributed by atoms with Gasteiger partial charge in [-0.05, 0) is 54.6 Å². The van der Waals surface area contributed by atoms with Crippen LogP contribution in [0.3, 0.4) is 0 Å². The second kappa shape index (κ2) is 8.58. The number of halogens is 2. The van der Waals surface area contributed by atoms with E-state index in [2.05, 4.69) is 20.6 Å². The summed E-state index contributed by atoms with van der Waals surface area (Å²) in [6, 6.07) is 21.2. The molecule has 5 rings (SSSR count). The first-order chi connectivity index (χ1) is 16.0. The Kier molecular flexibility index (Phi) is 5.46. The van der Waals surface area contributed by atoms with Crippen molar-refractivity contribution in [2.45, 2.75) is 0 Å². The number of pyridine rings is 2. The van der Waals surface area contributed by atoms with Crippen LogP contribution in [0.25, 0.3) is 21.8 Å². The molecule has 8 heteroatoms. The number of anilines is 3. The fourth-order valence-corrected chi connectivity index (χ4v) is 4.21. The highest BCUT2D eigenvalue weighted by atomic mass is 35.5. The van der Waals surface area contributed by atoms with Gasteiger partial charge in [0.15, 0.2) is 0 Å². The third kappa shape index (κ3) is 4.26. The van der Waals surface area contributed by atoms with Gasteiger partial charge < -0.3 is 15.6 Å². The van der Waals surface area contributed by atoms with Gasteiger partial charge in [-0.1, -0.05) is 41.4 Å². The van der Waals surface area contributed by atoms with Crippen LogP contribution >= 0.6 is 23.2 Å². The molecule has 3 aromatic carbocycles. The maximum Gasteiger partial charge on any atom is 0.257 e. The normalized spacial score (nSPS) is 11.0. The molecular formula is C25H16Cl2N4O2. The molecule has 0 saturated carbocycles. The first-order valence-corrected chi connectivity index (χ1v) is 10.8. The van der Waals surface area contributed by atoms with Gasteiger partial charge in [0.2, 0.25) is 0 Å². The number of aromatic nitrogens is 2. The molecule has 6 nitrogen and oxygen atoms in total. The molecule has 5 aromatic rings. The molecule has 0 fully saturated rings. The van der Waals surface area contributed by atoms with Crippen LogP contribution in [0.5, 0.6) is 0 Å². The van der Waals surface area contributed by atoms with E-state index in [1.165, 1.54) is 0 Å². The van der Waals surface area contributed by atoms with Gasteiger partial charge in [0.05, 0.1) is 5.69 Å². The molecule has 0 aliphatic carbocycles. The van der Waals surface area contributed by atoms with Crippen LogP contribution in [-0.4, -0.2) is 15.9 Å². The highest BCUT2D eigenvalue weighted by Gasteiger charge is 2.11. The van der Waals surface area contributed by atoms with Crippen LogP contribution in [0.1, 0.15) is 10.4 Å². The van der Waals surface area contributed by atoms with Crippen molar-refractivity contribution >= 4 is 68.0 Å². The Hall–Kier alpha value is -3.87. The molecular weight excluding hydrogens is 459 g/mol. The zero-order valence-corrected chi connectivity index (χ0v) is 18.5. The second-order valence-corrected chi connectivity index (χ2v) is 8.27. The lowest BCUT2D eigenvalue weighted by molar-refractivity contribution is 0.102. The van der Waals surface area contributed by atoms with Gasteiger partial charge in [-0.15, -0.1) is 0 Å². The summed E-state index contributed by atoms with van der Waals surface area (Å²) in [4.78, 5) is 32.0. The number of hydrogen-bond donors (Lipinski definition) is 3. The first kappa shape index (κ1) is 21.0. The number of carbonyl (C=O) groups excluding carboxylic acids is 1. The summed E-state index contributed by atoms with van der Waals surface area (Å²) in [5, 5.41) is 9.23. The third-order valence-corrected chi connectivity index (χ3v) is 5.61. The minimum absolute atomic E-state index is 0.177. The fraction of sp³-hybridized carbons (Fsp3) is 0. The Bertz CT molecular complexity index is 1560. The molecule has 3 N–H and O–H groups in total. The van der Waals surface area contributed by atoms with Crippen molar-refractivity contribution in [1.82, 2.24) is 9.97 Å². The maximum atomic E-state index is 12.5. The molecule has 0 atom stereocenters. The Labute approximate surface area is 198 Å². The van der Waals surface area contributed by atoms with Crippen LogP contribution in [0.2, 0.25) is 10.0 Å². The van der Waals surface area contributed by atoms with Crippen LogP contribution < -0.4 is 16.2 Å². The predicted octanol–water partition coefficient (Wildman–Crippen LogP) is 6.38. The maximum absolute atomic E-state index is 12.5. The number of H-pyrrole nitrogens is 1. The van der Waals surface area contributed by atoms with Crippen molar-refractivity contribution < 1.29 is 4.79 Å². The number of nitrogens with one attached hydrogen (secondary N) is 3. The molecule has 0 bridgehead atoms. The van der Waals surface area contributed by atoms with Crippen molar-refractivity contribution in [3.8, 4) is 0 Å². The molecule has 0 unspecified atom stereocenters. The Morgan fingerprint density at radius 2 is 1.52 bits per heavy atom. The highest BCUT2D eigenvalue weighted by molar-refractivity contribution is 6.35. The molecule has 1 amide bonds. The highest BCUT2D eigenvalue weighted by Crippen LogP contribution is 2.30. The topological polar surface area (TPSA) is 86.9 Å². The first-order valence-electron chi connectivity index (χ1n) is 10.0. The minimum atomic E-state index is -0.310. The molecule has 33 heavy (non-hydrogen) atoms. The summed E-state index contributed by atoms with van der Waals surface area (Å²) < 4.78 is 0. The van der Waals surface area contributed by atoms with Crippen LogP contribution in [0.15, 0.2) is 83.8 Å². The summed E-state index contributed by atoms with van der Waals surface area (Å²) in [6.45, 7) is 0. The molecule has 2 aromatic heterocycles. The molecule has 0 radical (unpaired) electrons. The van der Waals surface area contributed by atoms with E-state index in [0.717, 1.165) is 22.1 Å². The monoisotopic (exact) mass is 474 g/mol. The molecule has 0 spiro atoms. The Balaban J connectivity index is 1.42. The van der Waals surface area contributed by atoms with Crippen LogP contribution in [-0.2, 0) is 0 Å². The van der Waals surface area contributed by atoms with E-state index in [4.69, 9.17) is 23.2 Å². The SMILES string of the molecule is O=C(Nc1ccc(Nc2ccnc3[nH]c(=O)c4ccccc4c23)cc1)c1cc(Cl)cc(Cl)c1. The van der Waals surface area contributed by atoms with Crippen LogP contribution in [0.4, 0.5) is 17.1 Å². The standard InChI is InChI=1S/C25H16Cl2N4O2/c26-15-11-14(12-16(27)13-15)24(32)30-18-7-5-17(6-8-18)29-21-9-10-28-23-22(21)19-3-1-2-4-20(19)25(33)31-23/h1-13H,(H,30,32)(H2,28,29,31,33). The molecule has 162 valence electrons. The quantitative estimate of drug-likeness (QED) is 0.263. The average molecular weight is 475 g/mol. The summed E-state index contributed by atoms with van der Waals surface area (Å²) in [5.74, 6) is -0.310. The average Bonchev–Trinajstić information content (AvgIpc) is 2.80. The number of aromatic amines is 1. The number of fused-ring (bicyclic) bond motifs is 3. The minimum Gasteiger partial charge on any atom is -0.355 e. The van der Waals surface area contributed by atoms with Crippen molar-refractivity contribution in [3.05, 3.63) is 105 Å². The third-order valence-electron chi connectivity index (χ3n) is 5.17. The molecule has 0 aliphatic rings.